The van der Waals surface area contributed by atoms with Gasteiger partial charge in [-0.15, -0.1) is 0 Å². The summed E-state index contributed by atoms with van der Waals surface area (Å²) in [5, 5.41) is 13.1. The van der Waals surface area contributed by atoms with E-state index in [9.17, 15) is 14.7 Å². The Hall–Kier alpha value is -2.08. The molecule has 2 atom stereocenters. The molecule has 1 aliphatic heterocycles. The van der Waals surface area contributed by atoms with Crippen LogP contribution in [-0.2, 0) is 16.1 Å². The molecule has 2 fully saturated rings. The lowest BCUT2D eigenvalue weighted by Gasteiger charge is -2.25. The van der Waals surface area contributed by atoms with E-state index in [2.05, 4.69) is 5.32 Å². The van der Waals surface area contributed by atoms with Crippen LogP contribution < -0.4 is 5.32 Å². The molecule has 1 aliphatic carbocycles. The van der Waals surface area contributed by atoms with E-state index in [0.29, 0.717) is 0 Å². The van der Waals surface area contributed by atoms with Gasteiger partial charge < -0.3 is 15.2 Å². The van der Waals surface area contributed by atoms with Crippen molar-refractivity contribution in [2.24, 2.45) is 0 Å². The third kappa shape index (κ3) is 4.97. The molecule has 2 N–H and O–H groups in total. The van der Waals surface area contributed by atoms with Gasteiger partial charge in [-0.1, -0.05) is 56.0 Å². The topological polar surface area (TPSA) is 78.9 Å². The van der Waals surface area contributed by atoms with E-state index >= 15 is 0 Å². The number of benzene rings is 1. The van der Waals surface area contributed by atoms with Gasteiger partial charge in [-0.05, 0) is 18.4 Å². The van der Waals surface area contributed by atoms with Gasteiger partial charge in [0.2, 0.25) is 5.91 Å². The van der Waals surface area contributed by atoms with Crippen molar-refractivity contribution in [3.05, 3.63) is 35.9 Å². The summed E-state index contributed by atoms with van der Waals surface area (Å²) in [4.78, 5) is 26.5. The van der Waals surface area contributed by atoms with E-state index in [0.717, 1.165) is 31.2 Å². The monoisotopic (exact) mass is 360 g/mol. The van der Waals surface area contributed by atoms with E-state index in [-0.39, 0.29) is 31.5 Å². The van der Waals surface area contributed by atoms with Crippen LogP contribution in [0.4, 0.5) is 4.79 Å². The van der Waals surface area contributed by atoms with Gasteiger partial charge in [0.15, 0.2) is 0 Å². The van der Waals surface area contributed by atoms with Crippen LogP contribution in [0, 0.1) is 0 Å². The van der Waals surface area contributed by atoms with Crippen LogP contribution in [0.2, 0.25) is 0 Å². The second-order valence-electron chi connectivity index (χ2n) is 7.29. The van der Waals surface area contributed by atoms with Crippen molar-refractivity contribution in [2.45, 2.75) is 69.7 Å². The molecule has 0 bridgehead atoms. The molecule has 1 saturated carbocycles. The number of nitrogens with zero attached hydrogens (tertiary/aromatic N) is 1. The Bertz CT molecular complexity index is 599. The van der Waals surface area contributed by atoms with Crippen LogP contribution in [-0.4, -0.2) is 46.7 Å². The largest absolute Gasteiger partial charge is 0.445 e. The van der Waals surface area contributed by atoms with Gasteiger partial charge in [0.25, 0.3) is 0 Å². The highest BCUT2D eigenvalue weighted by molar-refractivity contribution is 5.86. The molecule has 26 heavy (non-hydrogen) atoms. The molecule has 0 aromatic heterocycles. The molecular formula is C20H28N2O4. The standard InChI is InChI=1S/C20H28N2O4/c23-17-12-18(19(24)21-16-10-6-1-2-7-11-16)22(13-17)20(25)26-14-15-8-4-3-5-9-15/h3-5,8-9,16-18,23H,1-2,6-7,10-14H2,(H,21,24)/t17-,18+/m1/s1. The van der Waals surface area contributed by atoms with Crippen molar-refractivity contribution in [1.82, 2.24) is 10.2 Å². The first-order valence-electron chi connectivity index (χ1n) is 9.59. The van der Waals surface area contributed by atoms with Crippen LogP contribution in [0.5, 0.6) is 0 Å². The number of ether oxygens (including phenoxy) is 1. The summed E-state index contributed by atoms with van der Waals surface area (Å²) in [7, 11) is 0. The summed E-state index contributed by atoms with van der Waals surface area (Å²) >= 11 is 0. The molecule has 142 valence electrons. The fraction of sp³-hybridized carbons (Fsp3) is 0.600. The highest BCUT2D eigenvalue weighted by Crippen LogP contribution is 2.22. The molecule has 3 rings (SSSR count). The van der Waals surface area contributed by atoms with Gasteiger partial charge in [-0.25, -0.2) is 4.79 Å². The van der Waals surface area contributed by atoms with Gasteiger partial charge in [-0.3, -0.25) is 9.69 Å². The highest BCUT2D eigenvalue weighted by Gasteiger charge is 2.40. The number of aliphatic hydroxyl groups excluding tert-OH is 1. The van der Waals surface area contributed by atoms with Crippen LogP contribution in [0.1, 0.15) is 50.5 Å². The molecule has 0 unspecified atom stereocenters. The average molecular weight is 360 g/mol. The number of amides is 2. The average Bonchev–Trinajstić information content (AvgIpc) is 2.87. The van der Waals surface area contributed by atoms with Crippen LogP contribution >= 0.6 is 0 Å². The molecule has 2 amide bonds. The molecular weight excluding hydrogens is 332 g/mol. The molecule has 6 heteroatoms. The lowest BCUT2D eigenvalue weighted by atomic mass is 10.1. The number of β-amino-alcohol motifs (C(OH)–C–C–N with tert-alkyl or cyclic N) is 1. The van der Waals surface area contributed by atoms with E-state index in [1.54, 1.807) is 0 Å². The number of hydrogen-bond donors (Lipinski definition) is 2. The first-order valence-corrected chi connectivity index (χ1v) is 9.59. The minimum atomic E-state index is -0.691. The minimum absolute atomic E-state index is 0.135. The lowest BCUT2D eigenvalue weighted by molar-refractivity contribution is -0.126. The molecule has 1 aromatic rings. The minimum Gasteiger partial charge on any atom is -0.445 e. The summed E-state index contributed by atoms with van der Waals surface area (Å²) in [5.41, 5.74) is 0.889. The Morgan fingerprint density at radius 2 is 1.81 bits per heavy atom. The van der Waals surface area contributed by atoms with E-state index in [4.69, 9.17) is 4.74 Å². The Labute approximate surface area is 154 Å². The zero-order valence-corrected chi connectivity index (χ0v) is 15.1. The van der Waals surface area contributed by atoms with Crippen molar-refractivity contribution in [2.75, 3.05) is 6.54 Å². The summed E-state index contributed by atoms with van der Waals surface area (Å²) in [6.45, 7) is 0.291. The molecule has 1 saturated heterocycles. The van der Waals surface area contributed by atoms with E-state index in [1.807, 2.05) is 30.3 Å². The zero-order chi connectivity index (χ0) is 18.4. The van der Waals surface area contributed by atoms with Gasteiger partial charge >= 0.3 is 6.09 Å². The Morgan fingerprint density at radius 3 is 2.50 bits per heavy atom. The highest BCUT2D eigenvalue weighted by atomic mass is 16.6. The molecule has 1 aromatic carbocycles. The number of carbonyl (C=O) groups is 2. The summed E-state index contributed by atoms with van der Waals surface area (Å²) in [5.74, 6) is -0.176. The molecule has 1 heterocycles. The third-order valence-electron chi connectivity index (χ3n) is 5.22. The second kappa shape index (κ2) is 9.03. The zero-order valence-electron chi connectivity index (χ0n) is 15.1. The van der Waals surface area contributed by atoms with Gasteiger partial charge in [0.05, 0.1) is 12.6 Å². The molecule has 2 aliphatic rings. The normalized spacial score (nSPS) is 24.1. The van der Waals surface area contributed by atoms with Gasteiger partial charge in [0.1, 0.15) is 12.6 Å². The molecule has 6 nitrogen and oxygen atoms in total. The van der Waals surface area contributed by atoms with E-state index < -0.39 is 18.2 Å². The summed E-state index contributed by atoms with van der Waals surface area (Å²) in [6.07, 6.45) is 5.68. The van der Waals surface area contributed by atoms with Crippen molar-refractivity contribution >= 4 is 12.0 Å². The number of rotatable bonds is 4. The first kappa shape index (κ1) is 18.7. The van der Waals surface area contributed by atoms with Crippen molar-refractivity contribution in [1.29, 1.82) is 0 Å². The maximum atomic E-state index is 12.7. The molecule has 0 spiro atoms. The third-order valence-corrected chi connectivity index (χ3v) is 5.22. The number of likely N-dealkylation sites (tertiary alicyclic amines) is 1. The van der Waals surface area contributed by atoms with Crippen molar-refractivity contribution in [3.8, 4) is 0 Å². The van der Waals surface area contributed by atoms with Crippen molar-refractivity contribution in [3.63, 3.8) is 0 Å². The summed E-state index contributed by atoms with van der Waals surface area (Å²) < 4.78 is 5.35. The van der Waals surface area contributed by atoms with Crippen LogP contribution in [0.3, 0.4) is 0 Å². The number of hydrogen-bond acceptors (Lipinski definition) is 4. The lowest BCUT2D eigenvalue weighted by Crippen LogP contribution is -2.48. The first-order chi connectivity index (χ1) is 12.6. The fourth-order valence-electron chi connectivity index (χ4n) is 3.79. The Morgan fingerprint density at radius 1 is 1.12 bits per heavy atom. The molecule has 0 radical (unpaired) electrons. The van der Waals surface area contributed by atoms with Gasteiger partial charge in [0, 0.05) is 12.5 Å². The predicted molar refractivity (Wildman–Crippen MR) is 97.4 cm³/mol. The fourth-order valence-corrected chi connectivity index (χ4v) is 3.79. The number of nitrogens with one attached hydrogen (secondary N) is 1. The van der Waals surface area contributed by atoms with Crippen LogP contribution in [0.25, 0.3) is 0 Å². The SMILES string of the molecule is O=C(NC1CCCCCC1)[C@@H]1C[C@@H](O)CN1C(=O)OCc1ccccc1. The number of carbonyl (C=O) groups excluding carboxylic acids is 2. The van der Waals surface area contributed by atoms with Gasteiger partial charge in [-0.2, -0.15) is 0 Å². The predicted octanol–water partition coefficient (Wildman–Crippen LogP) is 2.60. The maximum Gasteiger partial charge on any atom is 0.410 e. The second-order valence-corrected chi connectivity index (χ2v) is 7.29. The maximum absolute atomic E-state index is 12.7. The Balaban J connectivity index is 1.56. The quantitative estimate of drug-likeness (QED) is 0.809. The summed E-state index contributed by atoms with van der Waals surface area (Å²) in [6, 6.07) is 8.93. The van der Waals surface area contributed by atoms with Crippen molar-refractivity contribution < 1.29 is 19.4 Å². The van der Waals surface area contributed by atoms with E-state index in [1.165, 1.54) is 17.7 Å². The van der Waals surface area contributed by atoms with Crippen LogP contribution in [0.15, 0.2) is 30.3 Å². The smallest absolute Gasteiger partial charge is 0.410 e. The number of aliphatic hydroxyl groups is 1. The Kier molecular flexibility index (Phi) is 6.50.